The third kappa shape index (κ3) is 4.97. The molecule has 4 nitrogen and oxygen atoms in total. The van der Waals surface area contributed by atoms with E-state index in [-0.39, 0.29) is 0 Å². The lowest BCUT2D eigenvalue weighted by Crippen LogP contribution is -1.96. The first kappa shape index (κ1) is 27.8. The summed E-state index contributed by atoms with van der Waals surface area (Å²) in [6, 6.07) is 58.5. The number of hydrogen-bond acceptors (Lipinski definition) is 4. The highest BCUT2D eigenvalue weighted by molar-refractivity contribution is 6.05. The molecular formula is C44H28N4. The first-order valence-electron chi connectivity index (χ1n) is 16.1. The van der Waals surface area contributed by atoms with Crippen molar-refractivity contribution in [1.29, 1.82) is 0 Å². The number of nitrogens with zero attached hydrogens (tertiary/aromatic N) is 4. The molecule has 0 bridgehead atoms. The summed E-state index contributed by atoms with van der Waals surface area (Å²) in [6.45, 7) is 0. The van der Waals surface area contributed by atoms with Crippen LogP contribution in [0, 0.1) is 0 Å². The molecule has 0 N–H and O–H groups in total. The Morgan fingerprint density at radius 2 is 0.875 bits per heavy atom. The van der Waals surface area contributed by atoms with Crippen LogP contribution in [0.25, 0.3) is 89.0 Å². The topological polar surface area (TPSA) is 51.6 Å². The molecule has 4 heteroatoms. The average Bonchev–Trinajstić information content (AvgIpc) is 3.18. The van der Waals surface area contributed by atoms with Gasteiger partial charge in [-0.1, -0.05) is 146 Å². The van der Waals surface area contributed by atoms with E-state index >= 15 is 0 Å². The highest BCUT2D eigenvalue weighted by atomic mass is 14.9. The fourth-order valence-corrected chi connectivity index (χ4v) is 6.48. The zero-order valence-corrected chi connectivity index (χ0v) is 26.0. The van der Waals surface area contributed by atoms with E-state index in [1.54, 1.807) is 0 Å². The molecular weight excluding hydrogens is 585 g/mol. The summed E-state index contributed by atoms with van der Waals surface area (Å²) in [5.41, 5.74) is 11.8. The summed E-state index contributed by atoms with van der Waals surface area (Å²) in [5.74, 6) is 0.698. The number of pyridine rings is 2. The third-order valence-corrected chi connectivity index (χ3v) is 8.88. The number of fused-ring (bicyclic) bond motifs is 4. The van der Waals surface area contributed by atoms with Crippen molar-refractivity contribution in [1.82, 2.24) is 19.9 Å². The molecule has 6 aromatic carbocycles. The lowest BCUT2D eigenvalue weighted by atomic mass is 9.97. The maximum atomic E-state index is 5.25. The summed E-state index contributed by atoms with van der Waals surface area (Å²) in [6.07, 6.45) is 0. The molecule has 0 saturated carbocycles. The highest BCUT2D eigenvalue weighted by Gasteiger charge is 2.15. The van der Waals surface area contributed by atoms with Crippen molar-refractivity contribution < 1.29 is 0 Å². The summed E-state index contributed by atoms with van der Waals surface area (Å²) < 4.78 is 0. The molecule has 9 aromatic rings. The summed E-state index contributed by atoms with van der Waals surface area (Å²) in [7, 11) is 0. The molecule has 0 fully saturated rings. The molecule has 3 aromatic heterocycles. The quantitative estimate of drug-likeness (QED) is 0.181. The molecule has 0 aliphatic rings. The maximum absolute atomic E-state index is 5.25. The van der Waals surface area contributed by atoms with Crippen molar-refractivity contribution in [2.24, 2.45) is 0 Å². The van der Waals surface area contributed by atoms with E-state index in [0.717, 1.165) is 77.6 Å². The minimum atomic E-state index is 0.698. The fourth-order valence-electron chi connectivity index (χ4n) is 6.48. The second-order valence-electron chi connectivity index (χ2n) is 11.9. The van der Waals surface area contributed by atoms with Gasteiger partial charge in [0, 0.05) is 38.4 Å². The molecule has 0 amide bonds. The second-order valence-corrected chi connectivity index (χ2v) is 11.9. The Balaban J connectivity index is 1.20. The van der Waals surface area contributed by atoms with Gasteiger partial charge in [-0.2, -0.15) is 0 Å². The van der Waals surface area contributed by atoms with Crippen LogP contribution in [0.1, 0.15) is 0 Å². The van der Waals surface area contributed by atoms with E-state index < -0.39 is 0 Å². The Kier molecular flexibility index (Phi) is 6.76. The van der Waals surface area contributed by atoms with Crippen LogP contribution in [0.5, 0.6) is 0 Å². The molecule has 0 saturated heterocycles. The zero-order valence-electron chi connectivity index (χ0n) is 26.0. The minimum Gasteiger partial charge on any atom is -0.245 e. The van der Waals surface area contributed by atoms with E-state index in [1.807, 2.05) is 42.5 Å². The Bertz CT molecular complexity index is 2600. The van der Waals surface area contributed by atoms with Gasteiger partial charge in [0.05, 0.1) is 33.6 Å². The van der Waals surface area contributed by atoms with Gasteiger partial charge >= 0.3 is 0 Å². The number of aromatic nitrogens is 4. The van der Waals surface area contributed by atoms with E-state index in [4.69, 9.17) is 19.9 Å². The molecule has 48 heavy (non-hydrogen) atoms. The first-order chi connectivity index (χ1) is 23.8. The van der Waals surface area contributed by atoms with Crippen LogP contribution < -0.4 is 0 Å². The van der Waals surface area contributed by atoms with Crippen molar-refractivity contribution in [2.75, 3.05) is 0 Å². The van der Waals surface area contributed by atoms with Crippen molar-refractivity contribution in [3.8, 4) is 56.3 Å². The molecule has 0 radical (unpaired) electrons. The van der Waals surface area contributed by atoms with Gasteiger partial charge in [0.15, 0.2) is 5.82 Å². The number of hydrogen-bond donors (Lipinski definition) is 0. The van der Waals surface area contributed by atoms with Gasteiger partial charge in [-0.15, -0.1) is 0 Å². The Morgan fingerprint density at radius 3 is 1.56 bits per heavy atom. The van der Waals surface area contributed by atoms with Gasteiger partial charge in [-0.05, 0) is 35.4 Å². The fraction of sp³-hybridized carbons (Fsp3) is 0. The molecule has 0 aliphatic heterocycles. The van der Waals surface area contributed by atoms with Crippen LogP contribution >= 0.6 is 0 Å². The van der Waals surface area contributed by atoms with Gasteiger partial charge in [0.25, 0.3) is 0 Å². The van der Waals surface area contributed by atoms with Gasteiger partial charge in [-0.3, -0.25) is 0 Å². The predicted molar refractivity (Wildman–Crippen MR) is 197 cm³/mol. The SMILES string of the molecule is c1ccc(-c2nc(-c3ccccc3)c3ccc(-c4ccc5ccc6ccc(-c7ccccc7-c7ccccc7)nc6c5n4)cc3n2)cc1. The monoisotopic (exact) mass is 612 g/mol. The largest absolute Gasteiger partial charge is 0.245 e. The van der Waals surface area contributed by atoms with Crippen LogP contribution in [0.3, 0.4) is 0 Å². The average molecular weight is 613 g/mol. The number of benzene rings is 6. The van der Waals surface area contributed by atoms with Crippen LogP contribution in [0.4, 0.5) is 0 Å². The van der Waals surface area contributed by atoms with Gasteiger partial charge in [0.1, 0.15) is 0 Å². The Labute approximate surface area is 278 Å². The van der Waals surface area contributed by atoms with Crippen LogP contribution in [-0.2, 0) is 0 Å². The predicted octanol–water partition coefficient (Wildman–Crippen LogP) is 11.1. The molecule has 224 valence electrons. The second kappa shape index (κ2) is 11.7. The zero-order chi connectivity index (χ0) is 31.9. The normalized spacial score (nSPS) is 11.3. The van der Waals surface area contributed by atoms with E-state index in [9.17, 15) is 0 Å². The molecule has 0 atom stereocenters. The lowest BCUT2D eigenvalue weighted by molar-refractivity contribution is 1.23. The lowest BCUT2D eigenvalue weighted by Gasteiger charge is -2.12. The first-order valence-corrected chi connectivity index (χ1v) is 16.1. The van der Waals surface area contributed by atoms with Crippen molar-refractivity contribution in [3.05, 3.63) is 170 Å². The van der Waals surface area contributed by atoms with Gasteiger partial charge in [-0.25, -0.2) is 19.9 Å². The van der Waals surface area contributed by atoms with Crippen molar-refractivity contribution in [2.45, 2.75) is 0 Å². The molecule has 0 unspecified atom stereocenters. The van der Waals surface area contributed by atoms with Crippen LogP contribution in [-0.4, -0.2) is 19.9 Å². The van der Waals surface area contributed by atoms with E-state index in [1.165, 1.54) is 5.56 Å². The van der Waals surface area contributed by atoms with E-state index in [0.29, 0.717) is 5.82 Å². The van der Waals surface area contributed by atoms with E-state index in [2.05, 4.69) is 127 Å². The van der Waals surface area contributed by atoms with Crippen molar-refractivity contribution >= 4 is 32.7 Å². The Hall–Kier alpha value is -6.52. The molecule has 0 aliphatic carbocycles. The summed E-state index contributed by atoms with van der Waals surface area (Å²) in [4.78, 5) is 20.6. The standard InChI is InChI=1S/C44H28N4/c1-4-12-29(13-5-1)35-18-10-11-19-36(35)39-27-24-32-21-20-31-23-26-38(45-42(31)43(32)46-39)34-22-25-37-40(28-34)47-44(33-16-8-3-9-17-33)48-41(37)30-14-6-2-7-15-30/h1-28H. The highest BCUT2D eigenvalue weighted by Crippen LogP contribution is 2.35. The smallest absolute Gasteiger partial charge is 0.160 e. The van der Waals surface area contributed by atoms with Crippen LogP contribution in [0.2, 0.25) is 0 Å². The minimum absolute atomic E-state index is 0.698. The number of rotatable bonds is 5. The summed E-state index contributed by atoms with van der Waals surface area (Å²) in [5, 5.41) is 3.10. The van der Waals surface area contributed by atoms with Crippen LogP contribution in [0.15, 0.2) is 170 Å². The van der Waals surface area contributed by atoms with Gasteiger partial charge < -0.3 is 0 Å². The molecule has 0 spiro atoms. The molecule has 9 rings (SSSR count). The maximum Gasteiger partial charge on any atom is 0.160 e. The third-order valence-electron chi connectivity index (χ3n) is 8.88. The molecule has 3 heterocycles. The Morgan fingerprint density at radius 1 is 0.333 bits per heavy atom. The van der Waals surface area contributed by atoms with Gasteiger partial charge in [0.2, 0.25) is 0 Å². The van der Waals surface area contributed by atoms with Crippen molar-refractivity contribution in [3.63, 3.8) is 0 Å². The summed E-state index contributed by atoms with van der Waals surface area (Å²) >= 11 is 0.